The largest absolute Gasteiger partial charge is 0.332 e. The van der Waals surface area contributed by atoms with Gasteiger partial charge in [-0.2, -0.15) is 8.42 Å². The van der Waals surface area contributed by atoms with Crippen LogP contribution in [0.5, 0.6) is 5.75 Å². The SMILES string of the molecule is O=S(=O)(OOc1c(Cl)c(Cl)c(Cl)c(Cl)c1Cl)c1ccccc1. The Labute approximate surface area is 151 Å². The first kappa shape index (κ1) is 17.9. The van der Waals surface area contributed by atoms with E-state index in [0.29, 0.717) is 0 Å². The van der Waals surface area contributed by atoms with Crippen molar-refractivity contribution in [1.82, 2.24) is 0 Å². The Morgan fingerprint density at radius 2 is 1.18 bits per heavy atom. The molecule has 2 rings (SSSR count). The van der Waals surface area contributed by atoms with Crippen LogP contribution >= 0.6 is 58.0 Å². The number of benzene rings is 2. The van der Waals surface area contributed by atoms with Crippen LogP contribution in [-0.4, -0.2) is 8.42 Å². The molecule has 0 radical (unpaired) electrons. The van der Waals surface area contributed by atoms with Crippen LogP contribution in [-0.2, 0) is 14.5 Å². The zero-order valence-electron chi connectivity index (χ0n) is 10.3. The topological polar surface area (TPSA) is 52.6 Å². The van der Waals surface area contributed by atoms with Gasteiger partial charge in [0.2, 0.25) is 5.75 Å². The van der Waals surface area contributed by atoms with Gasteiger partial charge in [0.1, 0.15) is 10.0 Å². The molecular weight excluding hydrogens is 417 g/mol. The van der Waals surface area contributed by atoms with Crippen molar-refractivity contribution >= 4 is 68.1 Å². The Bertz CT molecular complexity index is 779. The summed E-state index contributed by atoms with van der Waals surface area (Å²) in [5.74, 6) is -0.359. The number of halogens is 5. The lowest BCUT2D eigenvalue weighted by Crippen LogP contribution is -2.10. The van der Waals surface area contributed by atoms with Crippen LogP contribution in [0.1, 0.15) is 0 Å². The van der Waals surface area contributed by atoms with Gasteiger partial charge in [-0.1, -0.05) is 80.5 Å². The first-order valence-corrected chi connectivity index (χ1v) is 8.73. The smallest absolute Gasteiger partial charge is 0.317 e. The summed E-state index contributed by atoms with van der Waals surface area (Å²) in [7, 11) is -4.19. The molecule has 0 amide bonds. The van der Waals surface area contributed by atoms with Crippen LogP contribution in [0.25, 0.3) is 0 Å². The molecule has 2 aromatic carbocycles. The lowest BCUT2D eigenvalue weighted by molar-refractivity contribution is -0.0923. The predicted octanol–water partition coefficient (Wildman–Crippen LogP) is 5.65. The fourth-order valence-electron chi connectivity index (χ4n) is 1.36. The molecule has 0 bridgehead atoms. The summed E-state index contributed by atoms with van der Waals surface area (Å²) in [6, 6.07) is 7.33. The molecule has 0 aliphatic rings. The van der Waals surface area contributed by atoms with Crippen molar-refractivity contribution in [2.45, 2.75) is 4.90 Å². The second-order valence-corrected chi connectivity index (χ2v) is 7.22. The maximum Gasteiger partial charge on any atom is 0.332 e. The maximum absolute atomic E-state index is 11.9. The Kier molecular flexibility index (Phi) is 5.72. The Morgan fingerprint density at radius 3 is 1.68 bits per heavy atom. The third-order valence-corrected chi connectivity index (χ3v) is 5.75. The minimum Gasteiger partial charge on any atom is -0.317 e. The van der Waals surface area contributed by atoms with Crippen LogP contribution in [0.4, 0.5) is 0 Å². The normalized spacial score (nSPS) is 11.5. The van der Waals surface area contributed by atoms with Gasteiger partial charge in [0.25, 0.3) is 0 Å². The van der Waals surface area contributed by atoms with Gasteiger partial charge in [-0.3, -0.25) is 0 Å². The summed E-state index contributed by atoms with van der Waals surface area (Å²) in [5.41, 5.74) is 0. The summed E-state index contributed by atoms with van der Waals surface area (Å²) in [5, 5.41) is -0.841. The van der Waals surface area contributed by atoms with Gasteiger partial charge >= 0.3 is 10.1 Å². The molecule has 0 saturated carbocycles. The van der Waals surface area contributed by atoms with Gasteiger partial charge in [0.05, 0.1) is 20.0 Å². The minimum absolute atomic E-state index is 0.0865. The fraction of sp³-hybridized carbons (Fsp3) is 0. The quantitative estimate of drug-likeness (QED) is 0.276. The Balaban J connectivity index is 2.34. The molecule has 118 valence electrons. The molecule has 10 heteroatoms. The summed E-state index contributed by atoms with van der Waals surface area (Å²) in [6.45, 7) is 0. The molecular formula is C12H5Cl5O4S. The highest BCUT2D eigenvalue weighted by Gasteiger charge is 2.24. The molecule has 0 spiro atoms. The van der Waals surface area contributed by atoms with Crippen LogP contribution in [0.15, 0.2) is 35.2 Å². The summed E-state index contributed by atoms with van der Waals surface area (Å²) in [6.07, 6.45) is 0. The number of hydrogen-bond acceptors (Lipinski definition) is 4. The van der Waals surface area contributed by atoms with Crippen molar-refractivity contribution in [3.8, 4) is 5.75 Å². The van der Waals surface area contributed by atoms with Crippen molar-refractivity contribution in [2.75, 3.05) is 0 Å². The molecule has 2 aromatic rings. The monoisotopic (exact) mass is 420 g/mol. The van der Waals surface area contributed by atoms with Crippen molar-refractivity contribution in [2.24, 2.45) is 0 Å². The molecule has 0 aromatic heterocycles. The molecule has 0 heterocycles. The highest BCUT2D eigenvalue weighted by molar-refractivity contribution is 7.86. The molecule has 0 aliphatic heterocycles. The second kappa shape index (κ2) is 7.01. The van der Waals surface area contributed by atoms with E-state index in [9.17, 15) is 8.42 Å². The lowest BCUT2D eigenvalue weighted by atomic mass is 10.3. The van der Waals surface area contributed by atoms with E-state index in [1.165, 1.54) is 24.3 Å². The molecule has 0 aliphatic carbocycles. The van der Waals surface area contributed by atoms with Gasteiger partial charge in [-0.15, -0.1) is 0 Å². The van der Waals surface area contributed by atoms with Gasteiger partial charge < -0.3 is 4.89 Å². The van der Waals surface area contributed by atoms with Gasteiger partial charge in [0.15, 0.2) is 0 Å². The molecule has 0 saturated heterocycles. The van der Waals surface area contributed by atoms with Crippen LogP contribution in [0, 0.1) is 0 Å². The van der Waals surface area contributed by atoms with Crippen molar-refractivity contribution in [3.63, 3.8) is 0 Å². The van der Waals surface area contributed by atoms with Crippen molar-refractivity contribution in [1.29, 1.82) is 0 Å². The fourth-order valence-corrected chi connectivity index (χ4v) is 3.27. The molecule has 0 fully saturated rings. The van der Waals surface area contributed by atoms with E-state index in [-0.39, 0.29) is 35.8 Å². The summed E-state index contributed by atoms with van der Waals surface area (Å²) in [4.78, 5) is 4.61. The van der Waals surface area contributed by atoms with Crippen LogP contribution in [0.2, 0.25) is 25.1 Å². The Hall–Kier alpha value is -0.400. The van der Waals surface area contributed by atoms with E-state index in [0.717, 1.165) is 0 Å². The number of rotatable bonds is 4. The van der Waals surface area contributed by atoms with Crippen LogP contribution in [0.3, 0.4) is 0 Å². The van der Waals surface area contributed by atoms with E-state index < -0.39 is 10.1 Å². The maximum atomic E-state index is 11.9. The average molecular weight is 423 g/mol. The highest BCUT2D eigenvalue weighted by Crippen LogP contribution is 2.48. The van der Waals surface area contributed by atoms with E-state index in [4.69, 9.17) is 62.9 Å². The van der Waals surface area contributed by atoms with Gasteiger partial charge in [0, 0.05) is 0 Å². The van der Waals surface area contributed by atoms with E-state index >= 15 is 0 Å². The second-order valence-electron chi connectivity index (χ2n) is 3.82. The zero-order valence-corrected chi connectivity index (χ0v) is 14.9. The summed E-state index contributed by atoms with van der Waals surface area (Å²) < 4.78 is 28.3. The minimum atomic E-state index is -4.19. The van der Waals surface area contributed by atoms with Gasteiger partial charge in [-0.05, 0) is 12.1 Å². The average Bonchev–Trinajstić information content (AvgIpc) is 2.52. The third kappa shape index (κ3) is 3.57. The molecule has 0 atom stereocenters. The first-order valence-electron chi connectivity index (χ1n) is 5.43. The zero-order chi connectivity index (χ0) is 16.5. The van der Waals surface area contributed by atoms with E-state index in [1.54, 1.807) is 6.07 Å². The van der Waals surface area contributed by atoms with Crippen molar-refractivity contribution < 1.29 is 17.6 Å². The van der Waals surface area contributed by atoms with E-state index in [2.05, 4.69) is 4.33 Å². The lowest BCUT2D eigenvalue weighted by Gasteiger charge is -2.12. The Morgan fingerprint density at radius 1 is 0.727 bits per heavy atom. The van der Waals surface area contributed by atoms with Crippen molar-refractivity contribution in [3.05, 3.63) is 55.4 Å². The van der Waals surface area contributed by atoms with Gasteiger partial charge in [-0.25, -0.2) is 0 Å². The molecule has 0 N–H and O–H groups in total. The third-order valence-electron chi connectivity index (χ3n) is 2.41. The first-order chi connectivity index (χ1) is 10.3. The van der Waals surface area contributed by atoms with Crippen LogP contribution < -0.4 is 4.89 Å². The van der Waals surface area contributed by atoms with E-state index in [1.807, 2.05) is 0 Å². The number of hydrogen-bond donors (Lipinski definition) is 0. The summed E-state index contributed by atoms with van der Waals surface area (Å²) >= 11 is 29.3. The predicted molar refractivity (Wildman–Crippen MR) is 86.8 cm³/mol. The highest BCUT2D eigenvalue weighted by atomic mass is 35.5. The standard InChI is InChI=1S/C12H5Cl5O4S/c13-7-8(14)10(16)12(11(17)9(7)15)20-21-22(18,19)6-4-2-1-3-5-6/h1-5H. The molecule has 0 unspecified atom stereocenters. The molecule has 4 nitrogen and oxygen atoms in total. The molecule has 22 heavy (non-hydrogen) atoms.